The SMILES string of the molecule is CC(C)CC(NCCN)C1([SiH3])CCCCO1. The summed E-state index contributed by atoms with van der Waals surface area (Å²) in [4.78, 5) is 0. The van der Waals surface area contributed by atoms with E-state index in [-0.39, 0.29) is 5.22 Å². The van der Waals surface area contributed by atoms with E-state index in [1.165, 1.54) is 25.7 Å². The maximum Gasteiger partial charge on any atom is 0.0634 e. The molecule has 4 heteroatoms. The third-order valence-corrected chi connectivity index (χ3v) is 4.96. The average Bonchev–Trinajstić information content (AvgIpc) is 2.24. The lowest BCUT2D eigenvalue weighted by molar-refractivity contribution is -0.0452. The minimum Gasteiger partial charge on any atom is -0.378 e. The van der Waals surface area contributed by atoms with Crippen LogP contribution >= 0.6 is 0 Å². The van der Waals surface area contributed by atoms with Gasteiger partial charge in [-0.25, -0.2) is 0 Å². The van der Waals surface area contributed by atoms with E-state index in [1.54, 1.807) is 0 Å². The summed E-state index contributed by atoms with van der Waals surface area (Å²) < 4.78 is 6.08. The molecular formula is C12H28N2OSi. The number of hydrogen-bond donors (Lipinski definition) is 2. The molecule has 1 rings (SSSR count). The summed E-state index contributed by atoms with van der Waals surface area (Å²) in [6, 6.07) is 0.503. The van der Waals surface area contributed by atoms with Crippen LogP contribution in [0.1, 0.15) is 39.5 Å². The normalized spacial score (nSPS) is 28.5. The van der Waals surface area contributed by atoms with Gasteiger partial charge in [-0.2, -0.15) is 0 Å². The molecule has 3 N–H and O–H groups in total. The Morgan fingerprint density at radius 3 is 2.69 bits per heavy atom. The highest BCUT2D eigenvalue weighted by atomic mass is 28.1. The van der Waals surface area contributed by atoms with E-state index in [0.29, 0.717) is 18.5 Å². The zero-order valence-corrected chi connectivity index (χ0v) is 13.1. The Hall–Kier alpha value is 0.0969. The number of hydrogen-bond acceptors (Lipinski definition) is 3. The molecule has 1 saturated heterocycles. The first-order valence-electron chi connectivity index (χ1n) is 6.66. The molecule has 0 aromatic heterocycles. The van der Waals surface area contributed by atoms with Gasteiger partial charge in [0, 0.05) is 36.0 Å². The summed E-state index contributed by atoms with van der Waals surface area (Å²) >= 11 is 0. The summed E-state index contributed by atoms with van der Waals surface area (Å²) in [5.41, 5.74) is 5.59. The fourth-order valence-corrected chi connectivity index (χ4v) is 3.51. The van der Waals surface area contributed by atoms with Crippen LogP contribution in [0.3, 0.4) is 0 Å². The number of rotatable bonds is 6. The molecule has 16 heavy (non-hydrogen) atoms. The molecule has 1 aliphatic heterocycles. The van der Waals surface area contributed by atoms with Crippen molar-refractivity contribution in [1.29, 1.82) is 0 Å². The van der Waals surface area contributed by atoms with E-state index in [9.17, 15) is 0 Å². The molecule has 2 unspecified atom stereocenters. The summed E-state index contributed by atoms with van der Waals surface area (Å²) in [5, 5.41) is 3.75. The van der Waals surface area contributed by atoms with Crippen LogP contribution in [0.15, 0.2) is 0 Å². The molecule has 1 aliphatic rings. The Morgan fingerprint density at radius 1 is 1.44 bits per heavy atom. The van der Waals surface area contributed by atoms with Gasteiger partial charge in [-0.1, -0.05) is 13.8 Å². The van der Waals surface area contributed by atoms with Crippen molar-refractivity contribution in [3.8, 4) is 0 Å². The first kappa shape index (κ1) is 14.2. The van der Waals surface area contributed by atoms with E-state index in [1.807, 2.05) is 0 Å². The zero-order chi connectivity index (χ0) is 12.0. The van der Waals surface area contributed by atoms with Gasteiger partial charge in [-0.05, 0) is 31.6 Å². The van der Waals surface area contributed by atoms with Crippen molar-refractivity contribution < 1.29 is 4.74 Å². The lowest BCUT2D eigenvalue weighted by atomic mass is 9.93. The van der Waals surface area contributed by atoms with Crippen LogP contribution in [0.4, 0.5) is 0 Å². The van der Waals surface area contributed by atoms with Crippen molar-refractivity contribution in [2.24, 2.45) is 11.7 Å². The van der Waals surface area contributed by atoms with Crippen LogP contribution < -0.4 is 11.1 Å². The topological polar surface area (TPSA) is 47.3 Å². The van der Waals surface area contributed by atoms with E-state index in [0.717, 1.165) is 23.4 Å². The average molecular weight is 244 g/mol. The molecule has 0 radical (unpaired) electrons. The van der Waals surface area contributed by atoms with Gasteiger partial charge in [0.2, 0.25) is 0 Å². The quantitative estimate of drug-likeness (QED) is 0.657. The Kier molecular flexibility index (Phi) is 5.96. The smallest absolute Gasteiger partial charge is 0.0634 e. The van der Waals surface area contributed by atoms with E-state index in [2.05, 4.69) is 19.2 Å². The van der Waals surface area contributed by atoms with Gasteiger partial charge in [0.05, 0.1) is 5.22 Å². The summed E-state index contributed by atoms with van der Waals surface area (Å²) in [5.74, 6) is 0.714. The van der Waals surface area contributed by atoms with Crippen molar-refractivity contribution in [1.82, 2.24) is 5.32 Å². The first-order chi connectivity index (χ1) is 7.58. The van der Waals surface area contributed by atoms with Crippen molar-refractivity contribution in [2.45, 2.75) is 50.8 Å². The molecule has 0 amide bonds. The summed E-state index contributed by atoms with van der Waals surface area (Å²) in [6.45, 7) is 7.13. The molecular weight excluding hydrogens is 216 g/mol. The largest absolute Gasteiger partial charge is 0.378 e. The monoisotopic (exact) mass is 244 g/mol. The molecule has 2 atom stereocenters. The van der Waals surface area contributed by atoms with Crippen LogP contribution in [0.2, 0.25) is 0 Å². The molecule has 96 valence electrons. The molecule has 0 aromatic rings. The molecule has 0 aromatic carbocycles. The Balaban J connectivity index is 2.57. The van der Waals surface area contributed by atoms with Crippen LogP contribution in [0.25, 0.3) is 0 Å². The van der Waals surface area contributed by atoms with E-state index < -0.39 is 0 Å². The minimum atomic E-state index is 0.150. The molecule has 0 aliphatic carbocycles. The maximum absolute atomic E-state index is 6.08. The fraction of sp³-hybridized carbons (Fsp3) is 1.00. The molecule has 0 spiro atoms. The molecule has 1 heterocycles. The third kappa shape index (κ3) is 4.16. The Bertz CT molecular complexity index is 193. The Labute approximate surface area is 103 Å². The summed E-state index contributed by atoms with van der Waals surface area (Å²) in [7, 11) is 1.11. The molecule has 3 nitrogen and oxygen atoms in total. The highest BCUT2D eigenvalue weighted by Gasteiger charge is 2.36. The van der Waals surface area contributed by atoms with Crippen molar-refractivity contribution in [3.05, 3.63) is 0 Å². The van der Waals surface area contributed by atoms with Gasteiger partial charge in [-0.3, -0.25) is 0 Å². The number of nitrogens with two attached hydrogens (primary N) is 1. The number of ether oxygens (including phenoxy) is 1. The van der Waals surface area contributed by atoms with Gasteiger partial charge in [-0.15, -0.1) is 0 Å². The van der Waals surface area contributed by atoms with Crippen molar-refractivity contribution >= 4 is 10.2 Å². The van der Waals surface area contributed by atoms with Gasteiger partial charge in [0.1, 0.15) is 0 Å². The van der Waals surface area contributed by atoms with Crippen LogP contribution in [0, 0.1) is 5.92 Å². The van der Waals surface area contributed by atoms with Crippen LogP contribution in [-0.2, 0) is 4.74 Å². The van der Waals surface area contributed by atoms with Crippen molar-refractivity contribution in [3.63, 3.8) is 0 Å². The van der Waals surface area contributed by atoms with Gasteiger partial charge >= 0.3 is 0 Å². The minimum absolute atomic E-state index is 0.150. The lowest BCUT2D eigenvalue weighted by Crippen LogP contribution is -2.56. The second-order valence-corrected chi connectivity index (χ2v) is 7.24. The second-order valence-electron chi connectivity index (χ2n) is 5.54. The Morgan fingerprint density at radius 2 is 2.19 bits per heavy atom. The maximum atomic E-state index is 6.08. The van der Waals surface area contributed by atoms with Gasteiger partial charge in [0.25, 0.3) is 0 Å². The second kappa shape index (κ2) is 6.74. The predicted octanol–water partition coefficient (Wildman–Crippen LogP) is 0.212. The van der Waals surface area contributed by atoms with E-state index in [4.69, 9.17) is 10.5 Å². The first-order valence-corrected chi connectivity index (χ1v) is 7.66. The van der Waals surface area contributed by atoms with Crippen molar-refractivity contribution in [2.75, 3.05) is 19.7 Å². The standard InChI is InChI=1S/C12H28N2OSi/c1-10(2)9-11(14-7-6-13)12(16)5-3-4-8-15-12/h10-11,14H,3-9,13H2,1-2,16H3. The zero-order valence-electron chi connectivity index (χ0n) is 11.1. The highest BCUT2D eigenvalue weighted by Crippen LogP contribution is 2.28. The van der Waals surface area contributed by atoms with E-state index >= 15 is 0 Å². The predicted molar refractivity (Wildman–Crippen MR) is 72.8 cm³/mol. The third-order valence-electron chi connectivity index (χ3n) is 3.48. The van der Waals surface area contributed by atoms with Crippen LogP contribution in [-0.4, -0.2) is 41.2 Å². The molecule has 0 saturated carbocycles. The molecule has 1 fully saturated rings. The summed E-state index contributed by atoms with van der Waals surface area (Å²) in [6.07, 6.45) is 4.98. The van der Waals surface area contributed by atoms with Crippen LogP contribution in [0.5, 0.6) is 0 Å². The molecule has 0 bridgehead atoms. The van der Waals surface area contributed by atoms with Gasteiger partial charge in [0.15, 0.2) is 0 Å². The number of nitrogens with one attached hydrogen (secondary N) is 1. The van der Waals surface area contributed by atoms with Gasteiger partial charge < -0.3 is 15.8 Å². The fourth-order valence-electron chi connectivity index (χ4n) is 2.51. The highest BCUT2D eigenvalue weighted by molar-refractivity contribution is 6.15. The lowest BCUT2D eigenvalue weighted by Gasteiger charge is -2.42.